The lowest BCUT2D eigenvalue weighted by molar-refractivity contribution is -0.147. The van der Waals surface area contributed by atoms with Gasteiger partial charge in [-0.15, -0.1) is 10.2 Å². The third-order valence-corrected chi connectivity index (χ3v) is 22.0. The normalized spacial score (nSPS) is 28.2. The molecule has 1 unspecified atom stereocenters. The Hall–Kier alpha value is -7.23. The SMILES string of the molecule is C[C@@H](O)[C@@H]1NC(=O)C(NCC2CCC(c3nnc(-c4ccc(-c5cnc(N6CCC(OC7CCCCC7)CC6)nc5)cc4)s3)CC2)C[C@@H](O)CNC(=O)[C@@H]2[C@@H](O)[C@@H](C)CN2C(=O)[C@H]([C@H](O)CCNC(CO)CO)NC(=O)[C@H]([C@H](O)Cc2ccc(O)c(OS(=O)(=O)O)c2)NC(=O)[C@@H]2C[C@@H](O)CN2C1=O. The summed E-state index contributed by atoms with van der Waals surface area (Å²) in [7, 11) is -5.23. The molecule has 0 radical (unpaired) electrons. The second-order valence-electron chi connectivity index (χ2n) is 28.1. The molecular weight excluding hydrogens is 1380 g/mol. The number of hydrogen-bond acceptors (Lipinski definition) is 27. The Labute approximate surface area is 600 Å². The summed E-state index contributed by atoms with van der Waals surface area (Å²) < 4.78 is 43.6. The van der Waals surface area contributed by atoms with Crippen LogP contribution in [0.25, 0.3) is 21.7 Å². The highest BCUT2D eigenvalue weighted by atomic mass is 32.3. The Morgan fingerprint density at radius 1 is 0.709 bits per heavy atom. The zero-order valence-electron chi connectivity index (χ0n) is 57.6. The molecule has 0 spiro atoms. The molecular formula is C68H97N13O20S2. The average Bonchev–Trinajstić information content (AvgIpc) is 1.61. The second kappa shape index (κ2) is 35.7. The number of aromatic nitrogens is 4. The minimum absolute atomic E-state index is 0.0197. The molecule has 4 aromatic rings. The molecule has 6 fully saturated rings. The molecule has 6 amide bonds. The first-order valence-electron chi connectivity index (χ1n) is 35.5. The van der Waals surface area contributed by atoms with Crippen molar-refractivity contribution in [2.24, 2.45) is 11.8 Å². The van der Waals surface area contributed by atoms with E-state index in [-0.39, 0.29) is 43.1 Å². The summed E-state index contributed by atoms with van der Waals surface area (Å²) in [5.74, 6) is -8.42. The van der Waals surface area contributed by atoms with Gasteiger partial charge in [-0.2, -0.15) is 8.42 Å². The number of ether oxygens (including phenoxy) is 1. The molecule has 2 saturated carbocycles. The minimum atomic E-state index is -5.23. The van der Waals surface area contributed by atoms with E-state index in [0.29, 0.717) is 24.9 Å². The van der Waals surface area contributed by atoms with Gasteiger partial charge in [-0.25, -0.2) is 9.97 Å². The van der Waals surface area contributed by atoms with Gasteiger partial charge in [-0.1, -0.05) is 67.9 Å². The van der Waals surface area contributed by atoms with Crippen LogP contribution in [0, 0.1) is 11.8 Å². The molecule has 103 heavy (non-hydrogen) atoms. The number of aliphatic hydroxyl groups excluding tert-OH is 8. The quantitative estimate of drug-likeness (QED) is 0.0389. The van der Waals surface area contributed by atoms with Gasteiger partial charge in [-0.05, 0) is 113 Å². The van der Waals surface area contributed by atoms with Crippen LogP contribution in [0.2, 0.25) is 0 Å². The summed E-state index contributed by atoms with van der Waals surface area (Å²) in [4.78, 5) is 102. The highest BCUT2D eigenvalue weighted by molar-refractivity contribution is 7.81. The predicted molar refractivity (Wildman–Crippen MR) is 371 cm³/mol. The Balaban J connectivity index is 0.835. The van der Waals surface area contributed by atoms with Gasteiger partial charge < -0.3 is 101 Å². The lowest BCUT2D eigenvalue weighted by Gasteiger charge is -2.34. The summed E-state index contributed by atoms with van der Waals surface area (Å²) >= 11 is 1.51. The number of amides is 6. The van der Waals surface area contributed by atoms with Crippen LogP contribution in [-0.4, -0.2) is 274 Å². The van der Waals surface area contributed by atoms with Crippen LogP contribution >= 0.6 is 11.3 Å². The summed E-state index contributed by atoms with van der Waals surface area (Å²) in [5, 5.41) is 126. The highest BCUT2D eigenvalue weighted by Crippen LogP contribution is 2.39. The predicted octanol–water partition coefficient (Wildman–Crippen LogP) is -1.72. The second-order valence-corrected chi connectivity index (χ2v) is 30.2. The molecule has 10 rings (SSSR count). The number of fused-ring (bicyclic) bond motifs is 2. The number of nitrogens with zero attached hydrogens (tertiary/aromatic N) is 7. The van der Waals surface area contributed by atoms with E-state index in [1.807, 2.05) is 36.7 Å². The maximum absolute atomic E-state index is 15.0. The van der Waals surface area contributed by atoms with Gasteiger partial charge in [0.1, 0.15) is 40.2 Å². The van der Waals surface area contributed by atoms with Crippen LogP contribution in [0.15, 0.2) is 54.9 Å². The maximum atomic E-state index is 15.0. The number of β-amino-alcohol motifs (C(OH)–C–C–N with tert-alkyl or cyclic N) is 1. The summed E-state index contributed by atoms with van der Waals surface area (Å²) in [6.07, 6.45) is 2.90. The number of phenols is 1. The number of aromatic hydroxyl groups is 1. The van der Waals surface area contributed by atoms with E-state index in [2.05, 4.69) is 51.2 Å². The van der Waals surface area contributed by atoms with E-state index in [1.54, 1.807) is 0 Å². The third-order valence-electron chi connectivity index (χ3n) is 20.5. The summed E-state index contributed by atoms with van der Waals surface area (Å²) in [6, 6.07) is -0.828. The molecule has 35 heteroatoms. The van der Waals surface area contributed by atoms with E-state index in [9.17, 15) is 82.9 Å². The van der Waals surface area contributed by atoms with Crippen LogP contribution in [0.3, 0.4) is 0 Å². The number of phenolic OH excluding ortho intramolecular Hbond substituents is 1. The third kappa shape index (κ3) is 20.4. The Morgan fingerprint density at radius 2 is 1.36 bits per heavy atom. The van der Waals surface area contributed by atoms with Crippen molar-refractivity contribution in [1.29, 1.82) is 0 Å². The number of hydrogen-bond donors (Lipinski definition) is 16. The van der Waals surface area contributed by atoms with Crippen molar-refractivity contribution in [3.05, 3.63) is 65.4 Å². The van der Waals surface area contributed by atoms with Crippen LogP contribution < -0.4 is 41.0 Å². The fourth-order valence-electron chi connectivity index (χ4n) is 14.5. The molecule has 4 aliphatic heterocycles. The van der Waals surface area contributed by atoms with Crippen molar-refractivity contribution in [2.45, 2.75) is 207 Å². The summed E-state index contributed by atoms with van der Waals surface area (Å²) in [5.41, 5.74) is 2.65. The standard InChI is InChI=1S/C68H97N13O20S2/c1-36-32-81-58(59(36)90)63(94)71-31-45(85)26-49(70-28-38-8-11-41(12-9-38)64-77-78-65(102-64)42-15-13-40(14-16-42)43-29-72-68(73-30-43)79-22-19-48(20-23-79)100-47-6-4-3-5-7-47)60(91)74-55(37(2)84)66(95)80-33-46(86)27-50(80)61(92)75-56(53(89)24-39-10-17-51(87)54(25-39)101-103(97,98)99)62(93)76-57(67(81)96)52(88)18-21-69-44(34-82)35-83/h10,13-17,25,29-30,36-38,41,44-50,52-53,55-59,69-70,82-90H,3-9,11-12,18-24,26-28,31-35H2,1-2H3,(H,71,94)(H,74,91)(H,75,92)(H,76,93)(H,97,98,99)/t36-,37+,38?,41?,45+,46+,49?,50-,52+,53+,55-,56-,57-,58-,59-/m0/s1. The number of carbonyl (C=O) groups excluding carboxylic acids is 6. The molecule has 6 aliphatic rings. The zero-order valence-corrected chi connectivity index (χ0v) is 59.2. The van der Waals surface area contributed by atoms with Crippen molar-refractivity contribution in [3.8, 4) is 33.2 Å². The Morgan fingerprint density at radius 3 is 2.03 bits per heavy atom. The molecule has 4 saturated heterocycles. The molecule has 33 nitrogen and oxygen atoms in total. The van der Waals surface area contributed by atoms with Gasteiger partial charge in [0.2, 0.25) is 41.4 Å². The smallest absolute Gasteiger partial charge is 0.446 e. The topological polar surface area (TPSA) is 491 Å². The number of carbonyl (C=O) groups is 6. The number of nitrogens with one attached hydrogen (secondary N) is 6. The fourth-order valence-corrected chi connectivity index (χ4v) is 15.9. The lowest BCUT2D eigenvalue weighted by atomic mass is 9.82. The highest BCUT2D eigenvalue weighted by Gasteiger charge is 2.50. The first-order valence-corrected chi connectivity index (χ1v) is 37.6. The Bertz CT molecular complexity index is 3630. The van der Waals surface area contributed by atoms with Crippen molar-refractivity contribution in [2.75, 3.05) is 63.9 Å². The van der Waals surface area contributed by atoms with Gasteiger partial charge in [-0.3, -0.25) is 33.3 Å². The van der Waals surface area contributed by atoms with Crippen molar-refractivity contribution < 1.29 is 96.6 Å². The first kappa shape index (κ1) is 78.4. The molecule has 16 N–H and O–H groups in total. The summed E-state index contributed by atoms with van der Waals surface area (Å²) in [6.45, 7) is 1.84. The monoisotopic (exact) mass is 1480 g/mol. The molecule has 566 valence electrons. The molecule has 0 bridgehead atoms. The van der Waals surface area contributed by atoms with Crippen LogP contribution in [-0.2, 0) is 50.3 Å². The van der Waals surface area contributed by atoms with Gasteiger partial charge in [0.05, 0.1) is 74.1 Å². The minimum Gasteiger partial charge on any atom is -0.504 e. The van der Waals surface area contributed by atoms with Gasteiger partial charge in [0.25, 0.3) is 0 Å². The number of piperidine rings is 1. The van der Waals surface area contributed by atoms with Crippen LogP contribution in [0.1, 0.15) is 120 Å². The van der Waals surface area contributed by atoms with E-state index in [4.69, 9.17) is 14.7 Å². The van der Waals surface area contributed by atoms with Gasteiger partial charge >= 0.3 is 10.4 Å². The van der Waals surface area contributed by atoms with E-state index in [0.717, 1.165) is 106 Å². The number of rotatable bonds is 22. The van der Waals surface area contributed by atoms with Crippen molar-refractivity contribution in [3.63, 3.8) is 0 Å². The van der Waals surface area contributed by atoms with Gasteiger partial charge in [0, 0.05) is 80.9 Å². The number of aliphatic hydroxyl groups is 8. The molecule has 13 atom stereocenters. The maximum Gasteiger partial charge on any atom is 0.446 e. The molecule has 2 aromatic carbocycles. The zero-order chi connectivity index (χ0) is 73.8. The Kier molecular flexibility index (Phi) is 27.2. The van der Waals surface area contributed by atoms with E-state index >= 15 is 4.79 Å². The van der Waals surface area contributed by atoms with Crippen molar-refractivity contribution in [1.82, 2.24) is 61.9 Å². The van der Waals surface area contributed by atoms with Crippen LogP contribution in [0.5, 0.6) is 11.5 Å². The number of anilines is 1. The number of benzene rings is 2. The lowest BCUT2D eigenvalue weighted by Crippen LogP contribution is -2.64. The fraction of sp³-hybridized carbons (Fsp3) is 0.647. The van der Waals surface area contributed by atoms with E-state index in [1.165, 1.54) is 44.4 Å². The van der Waals surface area contributed by atoms with Crippen molar-refractivity contribution >= 4 is 63.1 Å². The molecule has 2 aliphatic carbocycles. The molecule has 2 aromatic heterocycles. The van der Waals surface area contributed by atoms with E-state index < -0.39 is 194 Å². The molecule has 6 heterocycles. The first-order chi connectivity index (χ1) is 49.2. The van der Waals surface area contributed by atoms with Crippen LogP contribution in [0.4, 0.5) is 5.95 Å². The largest absolute Gasteiger partial charge is 0.504 e. The average molecular weight is 1480 g/mol. The van der Waals surface area contributed by atoms with Gasteiger partial charge in [0.15, 0.2) is 11.5 Å².